The highest BCUT2D eigenvalue weighted by molar-refractivity contribution is 5.40. The van der Waals surface area contributed by atoms with Gasteiger partial charge in [0.2, 0.25) is 0 Å². The van der Waals surface area contributed by atoms with Gasteiger partial charge in [0, 0.05) is 11.8 Å². The number of pyridine rings is 1. The van der Waals surface area contributed by atoms with Gasteiger partial charge < -0.3 is 16.6 Å². The summed E-state index contributed by atoms with van der Waals surface area (Å²) < 4.78 is 0. The van der Waals surface area contributed by atoms with E-state index in [1.54, 1.807) is 25.3 Å². The second-order valence-electron chi connectivity index (χ2n) is 2.74. The smallest absolute Gasteiger partial charge is 0.128 e. The van der Waals surface area contributed by atoms with Crippen molar-refractivity contribution in [1.82, 2.24) is 4.98 Å². The van der Waals surface area contributed by atoms with Crippen LogP contribution >= 0.6 is 0 Å². The summed E-state index contributed by atoms with van der Waals surface area (Å²) in [7, 11) is 0. The fourth-order valence-electron chi connectivity index (χ4n) is 0.972. The minimum absolute atomic E-state index is 0.380. The number of rotatable bonds is 2. The van der Waals surface area contributed by atoms with Gasteiger partial charge >= 0.3 is 0 Å². The van der Waals surface area contributed by atoms with Crippen LogP contribution < -0.4 is 11.5 Å². The van der Waals surface area contributed by atoms with Crippen LogP contribution in [0.3, 0.4) is 0 Å². The van der Waals surface area contributed by atoms with Crippen molar-refractivity contribution in [3.8, 4) is 0 Å². The number of hydrogen-bond donors (Lipinski definition) is 3. The Morgan fingerprint density at radius 2 is 2.25 bits per heavy atom. The molecule has 5 N–H and O–H groups in total. The topological polar surface area (TPSA) is 85.2 Å². The molecule has 1 rings (SSSR count). The van der Waals surface area contributed by atoms with Gasteiger partial charge in [-0.25, -0.2) is 4.98 Å². The maximum absolute atomic E-state index is 9.19. The molecule has 1 aromatic heterocycles. The first kappa shape index (κ1) is 8.96. The highest BCUT2D eigenvalue weighted by atomic mass is 16.3. The molecule has 0 bridgehead atoms. The Morgan fingerprint density at radius 3 is 2.75 bits per heavy atom. The summed E-state index contributed by atoms with van der Waals surface area (Å²) in [6.45, 7) is 1.62. The van der Waals surface area contributed by atoms with Gasteiger partial charge in [0.05, 0.1) is 12.1 Å². The number of nitrogens with zero attached hydrogens (tertiary/aromatic N) is 1. The highest BCUT2D eigenvalue weighted by Gasteiger charge is 2.14. The lowest BCUT2D eigenvalue weighted by atomic mass is 10.0. The van der Waals surface area contributed by atoms with Crippen LogP contribution in [0.15, 0.2) is 18.3 Å². The third-order valence-corrected chi connectivity index (χ3v) is 1.75. The van der Waals surface area contributed by atoms with Gasteiger partial charge in [0.15, 0.2) is 0 Å². The van der Waals surface area contributed by atoms with Crippen LogP contribution in [0.4, 0.5) is 5.82 Å². The molecule has 66 valence electrons. The van der Waals surface area contributed by atoms with E-state index < -0.39 is 12.1 Å². The van der Waals surface area contributed by atoms with E-state index in [-0.39, 0.29) is 0 Å². The van der Waals surface area contributed by atoms with Gasteiger partial charge in [-0.15, -0.1) is 0 Å². The fourth-order valence-corrected chi connectivity index (χ4v) is 0.972. The molecule has 0 fully saturated rings. The molecule has 0 saturated carbocycles. The molecular weight excluding hydrogens is 154 g/mol. The van der Waals surface area contributed by atoms with E-state index in [9.17, 15) is 5.11 Å². The molecular formula is C8H13N3O. The second kappa shape index (κ2) is 3.51. The van der Waals surface area contributed by atoms with E-state index >= 15 is 0 Å². The second-order valence-corrected chi connectivity index (χ2v) is 2.74. The van der Waals surface area contributed by atoms with Crippen LogP contribution in [-0.4, -0.2) is 16.2 Å². The number of aliphatic hydroxyl groups excluding tert-OH is 1. The standard InChI is InChI=1S/C8H13N3O/c1-5(12)7(9)6-3-2-4-11-8(6)10/h2-5,7,12H,9H2,1H3,(H2,10,11)/t5?,7-/m0/s1. The van der Waals surface area contributed by atoms with Gasteiger partial charge in [-0.2, -0.15) is 0 Å². The zero-order valence-electron chi connectivity index (χ0n) is 6.94. The molecule has 0 aliphatic carbocycles. The third kappa shape index (κ3) is 1.72. The predicted octanol–water partition coefficient (Wildman–Crippen LogP) is 0.0444. The van der Waals surface area contributed by atoms with Crippen LogP contribution in [0.1, 0.15) is 18.5 Å². The maximum Gasteiger partial charge on any atom is 0.128 e. The number of nitrogens with two attached hydrogens (primary N) is 2. The molecule has 0 aliphatic rings. The zero-order chi connectivity index (χ0) is 9.14. The normalized spacial score (nSPS) is 15.6. The molecule has 2 atom stereocenters. The van der Waals surface area contributed by atoms with E-state index in [0.717, 1.165) is 0 Å². The van der Waals surface area contributed by atoms with Crippen molar-refractivity contribution in [3.63, 3.8) is 0 Å². The minimum atomic E-state index is -0.614. The Kier molecular flexibility index (Phi) is 2.62. The molecule has 4 nitrogen and oxygen atoms in total. The van der Waals surface area contributed by atoms with Gasteiger partial charge in [-0.3, -0.25) is 0 Å². The van der Waals surface area contributed by atoms with E-state index in [2.05, 4.69) is 4.98 Å². The third-order valence-electron chi connectivity index (χ3n) is 1.75. The highest BCUT2D eigenvalue weighted by Crippen LogP contribution is 2.17. The monoisotopic (exact) mass is 167 g/mol. The first-order chi connectivity index (χ1) is 5.63. The number of aromatic nitrogens is 1. The summed E-state index contributed by atoms with van der Waals surface area (Å²) in [5, 5.41) is 9.19. The first-order valence-electron chi connectivity index (χ1n) is 3.77. The van der Waals surface area contributed by atoms with Gasteiger partial charge in [0.25, 0.3) is 0 Å². The van der Waals surface area contributed by atoms with E-state index in [0.29, 0.717) is 11.4 Å². The molecule has 0 radical (unpaired) electrons. The molecule has 1 heterocycles. The predicted molar refractivity (Wildman–Crippen MR) is 47.3 cm³/mol. The average molecular weight is 167 g/mol. The molecule has 1 unspecified atom stereocenters. The van der Waals surface area contributed by atoms with Crippen molar-refractivity contribution in [3.05, 3.63) is 23.9 Å². The summed E-state index contributed by atoms with van der Waals surface area (Å²) in [4.78, 5) is 3.87. The minimum Gasteiger partial charge on any atom is -0.391 e. The lowest BCUT2D eigenvalue weighted by Crippen LogP contribution is -2.24. The van der Waals surface area contributed by atoms with Crippen molar-refractivity contribution in [2.75, 3.05) is 5.73 Å². The Bertz CT molecular complexity index is 262. The molecule has 1 aromatic rings. The van der Waals surface area contributed by atoms with Crippen LogP contribution in [0.25, 0.3) is 0 Å². The van der Waals surface area contributed by atoms with Crippen LogP contribution in [-0.2, 0) is 0 Å². The van der Waals surface area contributed by atoms with Crippen molar-refractivity contribution in [2.45, 2.75) is 19.1 Å². The van der Waals surface area contributed by atoms with E-state index in [4.69, 9.17) is 11.5 Å². The summed E-state index contributed by atoms with van der Waals surface area (Å²) in [6, 6.07) is 3.05. The van der Waals surface area contributed by atoms with Gasteiger partial charge in [-0.1, -0.05) is 6.07 Å². The average Bonchev–Trinajstić information content (AvgIpc) is 2.04. The fraction of sp³-hybridized carbons (Fsp3) is 0.375. The molecule has 0 saturated heterocycles. The van der Waals surface area contributed by atoms with E-state index in [1.807, 2.05) is 0 Å². The van der Waals surface area contributed by atoms with Crippen molar-refractivity contribution < 1.29 is 5.11 Å². The molecule has 0 spiro atoms. The van der Waals surface area contributed by atoms with Gasteiger partial charge in [0.1, 0.15) is 5.82 Å². The molecule has 12 heavy (non-hydrogen) atoms. The van der Waals surface area contributed by atoms with Crippen LogP contribution in [0.2, 0.25) is 0 Å². The number of hydrogen-bond acceptors (Lipinski definition) is 4. The number of anilines is 1. The Balaban J connectivity index is 2.94. The quantitative estimate of drug-likeness (QED) is 0.580. The Morgan fingerprint density at radius 1 is 1.58 bits per heavy atom. The summed E-state index contributed by atoms with van der Waals surface area (Å²) in [5.74, 6) is 0.380. The molecule has 0 amide bonds. The Hall–Kier alpha value is -1.13. The first-order valence-corrected chi connectivity index (χ1v) is 3.77. The van der Waals surface area contributed by atoms with Crippen molar-refractivity contribution in [2.24, 2.45) is 5.73 Å². The Labute approximate surface area is 71.2 Å². The number of aliphatic hydroxyl groups is 1. The van der Waals surface area contributed by atoms with Gasteiger partial charge in [-0.05, 0) is 13.0 Å². The lowest BCUT2D eigenvalue weighted by molar-refractivity contribution is 0.164. The maximum atomic E-state index is 9.19. The SMILES string of the molecule is CC(O)[C@H](N)c1cccnc1N. The van der Waals surface area contributed by atoms with Crippen molar-refractivity contribution in [1.29, 1.82) is 0 Å². The van der Waals surface area contributed by atoms with Crippen molar-refractivity contribution >= 4 is 5.82 Å². The molecule has 4 heteroatoms. The van der Waals surface area contributed by atoms with Crippen LogP contribution in [0.5, 0.6) is 0 Å². The summed E-state index contributed by atoms with van der Waals surface area (Å²) >= 11 is 0. The molecule has 0 aliphatic heterocycles. The number of nitrogen functional groups attached to an aromatic ring is 1. The van der Waals surface area contributed by atoms with Crippen LogP contribution in [0, 0.1) is 0 Å². The largest absolute Gasteiger partial charge is 0.391 e. The lowest BCUT2D eigenvalue weighted by Gasteiger charge is -2.15. The summed E-state index contributed by atoms with van der Waals surface area (Å²) in [6.07, 6.45) is 0.977. The molecule has 0 aromatic carbocycles. The zero-order valence-corrected chi connectivity index (χ0v) is 6.94. The summed E-state index contributed by atoms with van der Waals surface area (Å²) in [5.41, 5.74) is 11.9. The van der Waals surface area contributed by atoms with E-state index in [1.165, 1.54) is 0 Å².